The number of aromatic carboxylic acids is 1. The van der Waals surface area contributed by atoms with Crippen LogP contribution in [0.1, 0.15) is 52.1 Å². The van der Waals surface area contributed by atoms with Gasteiger partial charge in [0.1, 0.15) is 23.9 Å². The lowest BCUT2D eigenvalue weighted by Crippen LogP contribution is -2.30. The molecule has 2 aliphatic rings. The van der Waals surface area contributed by atoms with Crippen LogP contribution in [0.15, 0.2) is 54.6 Å². The summed E-state index contributed by atoms with van der Waals surface area (Å²) in [6.07, 6.45) is 1.93. The standard InChI is InChI=1S/C31H29FN4O6/c32-24-11-19(14-33)6-7-22(24)18-40-29-5-1-4-26(35-29)31-41-16-20(17-42-31)12-28-34-25-9-8-21(30(37)38)13-27(25)36(28)15-23-3-2-10-39-23/h1,4-9,11,13,20,23,31H,2-3,10,12,15-18H2,(H,37,38)/t20?,23-,31?/m0/s1. The molecule has 6 rings (SSSR count). The Hall–Kier alpha value is -4.37. The molecule has 2 aromatic carbocycles. The number of nitriles is 1. The molecular weight excluding hydrogens is 543 g/mol. The second-order valence-electron chi connectivity index (χ2n) is 10.5. The zero-order valence-corrected chi connectivity index (χ0v) is 22.7. The summed E-state index contributed by atoms with van der Waals surface area (Å²) < 4.78 is 39.9. The van der Waals surface area contributed by atoms with E-state index in [9.17, 15) is 14.3 Å². The van der Waals surface area contributed by atoms with Gasteiger partial charge in [0.05, 0.1) is 54.1 Å². The van der Waals surface area contributed by atoms with Gasteiger partial charge in [-0.1, -0.05) is 12.1 Å². The quantitative estimate of drug-likeness (QED) is 0.301. The topological polar surface area (TPSA) is 129 Å². The molecule has 0 aliphatic carbocycles. The molecule has 0 spiro atoms. The van der Waals surface area contributed by atoms with Crippen LogP contribution in [0, 0.1) is 23.1 Å². The third-order valence-electron chi connectivity index (χ3n) is 7.47. The van der Waals surface area contributed by atoms with Gasteiger partial charge in [-0.05, 0) is 49.2 Å². The van der Waals surface area contributed by atoms with Gasteiger partial charge in [-0.15, -0.1) is 0 Å². The van der Waals surface area contributed by atoms with E-state index < -0.39 is 18.1 Å². The number of nitrogens with zero attached hydrogens (tertiary/aromatic N) is 4. The molecule has 0 unspecified atom stereocenters. The monoisotopic (exact) mass is 572 g/mol. The first-order valence-corrected chi connectivity index (χ1v) is 13.8. The van der Waals surface area contributed by atoms with Crippen LogP contribution in [0.2, 0.25) is 0 Å². The van der Waals surface area contributed by atoms with Crippen molar-refractivity contribution in [1.29, 1.82) is 5.26 Å². The van der Waals surface area contributed by atoms with Gasteiger partial charge < -0.3 is 28.6 Å². The summed E-state index contributed by atoms with van der Waals surface area (Å²) in [7, 11) is 0. The van der Waals surface area contributed by atoms with Gasteiger partial charge in [0.25, 0.3) is 0 Å². The molecule has 11 heteroatoms. The smallest absolute Gasteiger partial charge is 0.335 e. The zero-order chi connectivity index (χ0) is 29.1. The number of ether oxygens (including phenoxy) is 4. The number of carboxylic acids is 1. The fraction of sp³-hybridized carbons (Fsp3) is 0.355. The van der Waals surface area contributed by atoms with Crippen molar-refractivity contribution < 1.29 is 33.2 Å². The molecule has 42 heavy (non-hydrogen) atoms. The maximum Gasteiger partial charge on any atom is 0.335 e. The van der Waals surface area contributed by atoms with Crippen LogP contribution in [0.25, 0.3) is 11.0 Å². The van der Waals surface area contributed by atoms with Crippen LogP contribution in [-0.2, 0) is 33.8 Å². The average Bonchev–Trinajstić information content (AvgIpc) is 3.65. The zero-order valence-electron chi connectivity index (χ0n) is 22.7. The summed E-state index contributed by atoms with van der Waals surface area (Å²) >= 11 is 0. The summed E-state index contributed by atoms with van der Waals surface area (Å²) in [5, 5.41) is 18.4. The fourth-order valence-corrected chi connectivity index (χ4v) is 5.28. The number of benzene rings is 2. The first-order chi connectivity index (χ1) is 20.5. The van der Waals surface area contributed by atoms with E-state index in [1.807, 2.05) is 6.07 Å². The average molecular weight is 573 g/mol. The molecule has 1 N–H and O–H groups in total. The summed E-state index contributed by atoms with van der Waals surface area (Å²) in [4.78, 5) is 20.9. The summed E-state index contributed by atoms with van der Waals surface area (Å²) in [5.41, 5.74) is 2.84. The number of fused-ring (bicyclic) bond motifs is 1. The highest BCUT2D eigenvalue weighted by Gasteiger charge is 2.28. The van der Waals surface area contributed by atoms with Crippen molar-refractivity contribution in [2.24, 2.45) is 5.92 Å². The molecule has 2 fully saturated rings. The predicted molar refractivity (Wildman–Crippen MR) is 147 cm³/mol. The van der Waals surface area contributed by atoms with Gasteiger partial charge in [0, 0.05) is 30.6 Å². The van der Waals surface area contributed by atoms with E-state index >= 15 is 0 Å². The largest absolute Gasteiger partial charge is 0.478 e. The van der Waals surface area contributed by atoms with Crippen molar-refractivity contribution in [2.75, 3.05) is 19.8 Å². The van der Waals surface area contributed by atoms with Crippen LogP contribution >= 0.6 is 0 Å². The number of imidazole rings is 1. The minimum atomic E-state index is -0.979. The van der Waals surface area contributed by atoms with E-state index in [1.165, 1.54) is 18.2 Å². The van der Waals surface area contributed by atoms with E-state index in [1.54, 1.807) is 36.4 Å². The van der Waals surface area contributed by atoms with Crippen LogP contribution in [0.5, 0.6) is 5.88 Å². The maximum absolute atomic E-state index is 14.2. The molecule has 2 saturated heterocycles. The lowest BCUT2D eigenvalue weighted by atomic mass is 10.1. The highest BCUT2D eigenvalue weighted by atomic mass is 19.1. The second kappa shape index (κ2) is 12.2. The Morgan fingerprint density at radius 1 is 1.12 bits per heavy atom. The molecule has 2 aromatic heterocycles. The molecule has 4 aromatic rings. The third-order valence-corrected chi connectivity index (χ3v) is 7.47. The van der Waals surface area contributed by atoms with Crippen molar-refractivity contribution in [3.05, 3.63) is 88.6 Å². The highest BCUT2D eigenvalue weighted by Crippen LogP contribution is 2.29. The number of halogens is 1. The molecule has 0 bridgehead atoms. The highest BCUT2D eigenvalue weighted by molar-refractivity contribution is 5.92. The molecule has 4 heterocycles. The van der Waals surface area contributed by atoms with Crippen molar-refractivity contribution in [1.82, 2.24) is 14.5 Å². The van der Waals surface area contributed by atoms with E-state index in [4.69, 9.17) is 29.2 Å². The first-order valence-electron chi connectivity index (χ1n) is 13.8. The predicted octanol–water partition coefficient (Wildman–Crippen LogP) is 4.80. The van der Waals surface area contributed by atoms with Crippen molar-refractivity contribution >= 4 is 17.0 Å². The summed E-state index contributed by atoms with van der Waals surface area (Å²) in [6.45, 7) is 2.12. The van der Waals surface area contributed by atoms with Gasteiger partial charge in [0.15, 0.2) is 0 Å². The number of hydrogen-bond donors (Lipinski definition) is 1. The Morgan fingerprint density at radius 2 is 1.98 bits per heavy atom. The Labute approximate surface area is 241 Å². The fourth-order valence-electron chi connectivity index (χ4n) is 5.28. The van der Waals surface area contributed by atoms with Gasteiger partial charge in [0.2, 0.25) is 12.2 Å². The lowest BCUT2D eigenvalue weighted by Gasteiger charge is -2.29. The lowest BCUT2D eigenvalue weighted by molar-refractivity contribution is -0.207. The van der Waals surface area contributed by atoms with Crippen LogP contribution in [-0.4, -0.2) is 51.5 Å². The summed E-state index contributed by atoms with van der Waals surface area (Å²) in [5.74, 6) is -0.329. The van der Waals surface area contributed by atoms with Gasteiger partial charge in [-0.2, -0.15) is 5.26 Å². The Bertz CT molecular complexity index is 1640. The van der Waals surface area contributed by atoms with Gasteiger partial charge in [-0.3, -0.25) is 0 Å². The van der Waals surface area contributed by atoms with Crippen LogP contribution in [0.4, 0.5) is 4.39 Å². The first kappa shape index (κ1) is 27.8. The minimum Gasteiger partial charge on any atom is -0.478 e. The van der Waals surface area contributed by atoms with Crippen molar-refractivity contribution in [3.63, 3.8) is 0 Å². The summed E-state index contributed by atoms with van der Waals surface area (Å²) in [6, 6.07) is 16.3. The SMILES string of the molecule is N#Cc1ccc(COc2cccc(C3OCC(Cc4nc5ccc(C(=O)O)cc5n4C[C@@H]4CCCO4)CO3)n2)c(F)c1. The molecule has 10 nitrogen and oxygen atoms in total. The van der Waals surface area contributed by atoms with Crippen LogP contribution < -0.4 is 4.74 Å². The normalized spacial score (nSPS) is 20.4. The molecule has 0 radical (unpaired) electrons. The van der Waals surface area contributed by atoms with E-state index in [2.05, 4.69) is 9.55 Å². The number of rotatable bonds is 9. The minimum absolute atomic E-state index is 0.0269. The van der Waals surface area contributed by atoms with Crippen molar-refractivity contribution in [3.8, 4) is 11.9 Å². The molecule has 1 atom stereocenters. The number of pyridine rings is 1. The number of hydrogen-bond acceptors (Lipinski definition) is 8. The van der Waals surface area contributed by atoms with Gasteiger partial charge >= 0.3 is 5.97 Å². The molecule has 0 amide bonds. The second-order valence-corrected chi connectivity index (χ2v) is 10.5. The maximum atomic E-state index is 14.2. The van der Waals surface area contributed by atoms with Crippen molar-refractivity contribution in [2.45, 2.75) is 44.8 Å². The van der Waals surface area contributed by atoms with E-state index in [0.717, 1.165) is 36.3 Å². The Kier molecular flexibility index (Phi) is 8.10. The number of aromatic nitrogens is 3. The molecule has 0 saturated carbocycles. The molecular formula is C31H29FN4O6. The number of carbonyl (C=O) groups is 1. The van der Waals surface area contributed by atoms with E-state index in [-0.39, 0.29) is 29.8 Å². The Balaban J connectivity index is 1.11. The molecule has 2 aliphatic heterocycles. The third kappa shape index (κ3) is 6.11. The van der Waals surface area contributed by atoms with E-state index in [0.29, 0.717) is 43.3 Å². The van der Waals surface area contributed by atoms with Crippen LogP contribution in [0.3, 0.4) is 0 Å². The van der Waals surface area contributed by atoms with Gasteiger partial charge in [-0.25, -0.2) is 19.2 Å². The number of carboxylic acid groups (broad SMARTS) is 1. The Morgan fingerprint density at radius 3 is 2.71 bits per heavy atom. The molecule has 216 valence electrons.